The molecule has 1 aromatic rings. The molecule has 0 radical (unpaired) electrons. The summed E-state index contributed by atoms with van der Waals surface area (Å²) >= 11 is 0. The van der Waals surface area contributed by atoms with Gasteiger partial charge in [-0.1, -0.05) is 45.4 Å². The number of carboxylic acid groups (broad SMARTS) is 1. The second-order valence-electron chi connectivity index (χ2n) is 7.07. The number of carbonyl (C=O) groups is 3. The average Bonchev–Trinajstić information content (AvgIpc) is 2.60. The minimum Gasteiger partial charge on any atom is -0.481 e. The highest BCUT2D eigenvalue weighted by Gasteiger charge is 2.36. The van der Waals surface area contributed by atoms with E-state index in [0.717, 1.165) is 5.56 Å². The minimum atomic E-state index is -0.988. The monoisotopic (exact) mass is 362 g/mol. The maximum absolute atomic E-state index is 12.6. The minimum absolute atomic E-state index is 0.0395. The molecule has 26 heavy (non-hydrogen) atoms. The van der Waals surface area contributed by atoms with Gasteiger partial charge in [-0.15, -0.1) is 0 Å². The summed E-state index contributed by atoms with van der Waals surface area (Å²) in [7, 11) is 0. The number of benzene rings is 1. The van der Waals surface area contributed by atoms with E-state index in [4.69, 9.17) is 0 Å². The van der Waals surface area contributed by atoms with Gasteiger partial charge >= 0.3 is 5.97 Å². The maximum Gasteiger partial charge on any atom is 0.311 e. The van der Waals surface area contributed by atoms with Crippen LogP contribution in [0.5, 0.6) is 0 Å². The van der Waals surface area contributed by atoms with Gasteiger partial charge in [-0.25, -0.2) is 0 Å². The molecule has 144 valence electrons. The molecule has 0 heterocycles. The van der Waals surface area contributed by atoms with Crippen molar-refractivity contribution in [1.82, 2.24) is 10.6 Å². The van der Waals surface area contributed by atoms with E-state index < -0.39 is 17.4 Å². The molecule has 2 amide bonds. The lowest BCUT2D eigenvalue weighted by atomic mass is 9.82. The number of carbonyl (C=O) groups excluding carboxylic acids is 2. The Morgan fingerprint density at radius 2 is 1.62 bits per heavy atom. The molecule has 0 aliphatic carbocycles. The van der Waals surface area contributed by atoms with Gasteiger partial charge in [0.25, 0.3) is 5.91 Å². The first-order valence-corrected chi connectivity index (χ1v) is 9.05. The van der Waals surface area contributed by atoms with Crippen LogP contribution in [0.15, 0.2) is 24.3 Å². The van der Waals surface area contributed by atoms with Crippen molar-refractivity contribution in [1.29, 1.82) is 0 Å². The second-order valence-corrected chi connectivity index (χ2v) is 7.07. The van der Waals surface area contributed by atoms with Crippen molar-refractivity contribution in [3.63, 3.8) is 0 Å². The van der Waals surface area contributed by atoms with Gasteiger partial charge in [-0.2, -0.15) is 0 Å². The first-order valence-electron chi connectivity index (χ1n) is 9.05. The van der Waals surface area contributed by atoms with Gasteiger partial charge in [0.05, 0.1) is 5.41 Å². The van der Waals surface area contributed by atoms with Crippen LogP contribution in [0.25, 0.3) is 0 Å². The Hall–Kier alpha value is -2.37. The molecule has 0 saturated carbocycles. The molecule has 3 N–H and O–H groups in total. The fourth-order valence-corrected chi connectivity index (χ4v) is 2.71. The molecule has 0 aromatic heterocycles. The van der Waals surface area contributed by atoms with E-state index in [-0.39, 0.29) is 24.3 Å². The van der Waals surface area contributed by atoms with E-state index in [1.165, 1.54) is 0 Å². The molecule has 0 aliphatic heterocycles. The van der Waals surface area contributed by atoms with E-state index in [1.807, 2.05) is 32.9 Å². The third-order valence-corrected chi connectivity index (χ3v) is 4.96. The molecule has 1 aromatic carbocycles. The fraction of sp³-hybridized carbons (Fsp3) is 0.550. The van der Waals surface area contributed by atoms with Crippen molar-refractivity contribution in [3.05, 3.63) is 35.4 Å². The van der Waals surface area contributed by atoms with E-state index >= 15 is 0 Å². The Morgan fingerprint density at radius 3 is 2.04 bits per heavy atom. The summed E-state index contributed by atoms with van der Waals surface area (Å²) in [6.07, 6.45) is 0.836. The Bertz CT molecular complexity index is 634. The third kappa shape index (κ3) is 5.31. The standard InChI is InChI=1S/C20H30N2O4/c1-6-20(7-2,19(25)26)12-21-18(24)16(13(3)4)22-17(23)15-10-8-14(5)9-11-15/h8-11,13,16H,6-7,12H2,1-5H3,(H,21,24)(H,22,23)(H,25,26). The molecule has 1 rings (SSSR count). The first kappa shape index (κ1) is 21.7. The van der Waals surface area contributed by atoms with Gasteiger partial charge < -0.3 is 15.7 Å². The van der Waals surface area contributed by atoms with Gasteiger partial charge in [0.1, 0.15) is 6.04 Å². The zero-order chi connectivity index (χ0) is 19.9. The SMILES string of the molecule is CCC(CC)(CNC(=O)C(NC(=O)c1ccc(C)cc1)C(C)C)C(=O)O. The van der Waals surface area contributed by atoms with Crippen LogP contribution in [0.3, 0.4) is 0 Å². The van der Waals surface area contributed by atoms with Crippen LogP contribution in [0, 0.1) is 18.3 Å². The number of aliphatic carboxylic acids is 1. The Kier molecular flexibility index (Phi) is 7.80. The van der Waals surface area contributed by atoms with Crippen LogP contribution in [0.1, 0.15) is 56.5 Å². The van der Waals surface area contributed by atoms with Crippen molar-refractivity contribution in [2.24, 2.45) is 11.3 Å². The van der Waals surface area contributed by atoms with Crippen LogP contribution < -0.4 is 10.6 Å². The molecule has 0 bridgehead atoms. The largest absolute Gasteiger partial charge is 0.481 e. The van der Waals surface area contributed by atoms with Crippen LogP contribution in [0.4, 0.5) is 0 Å². The lowest BCUT2D eigenvalue weighted by Gasteiger charge is -2.29. The number of amides is 2. The molecule has 0 fully saturated rings. The Balaban J connectivity index is 2.82. The van der Waals surface area contributed by atoms with Crippen molar-refractivity contribution < 1.29 is 19.5 Å². The summed E-state index contributed by atoms with van der Waals surface area (Å²) in [5, 5.41) is 15.0. The lowest BCUT2D eigenvalue weighted by molar-refractivity contribution is -0.149. The van der Waals surface area contributed by atoms with Crippen molar-refractivity contribution in [2.75, 3.05) is 6.54 Å². The van der Waals surface area contributed by atoms with Gasteiger partial charge in [-0.05, 0) is 37.8 Å². The van der Waals surface area contributed by atoms with Crippen molar-refractivity contribution >= 4 is 17.8 Å². The topological polar surface area (TPSA) is 95.5 Å². The smallest absolute Gasteiger partial charge is 0.311 e. The van der Waals surface area contributed by atoms with E-state index in [1.54, 1.807) is 26.0 Å². The number of hydrogen-bond acceptors (Lipinski definition) is 3. The normalized spacial score (nSPS) is 12.5. The van der Waals surface area contributed by atoms with Gasteiger partial charge in [0, 0.05) is 12.1 Å². The molecule has 1 atom stereocenters. The van der Waals surface area contributed by atoms with Crippen LogP contribution >= 0.6 is 0 Å². The van der Waals surface area contributed by atoms with Gasteiger partial charge in [0.15, 0.2) is 0 Å². The number of nitrogens with one attached hydrogen (secondary N) is 2. The number of aryl methyl sites for hydroxylation is 1. The molecule has 1 unspecified atom stereocenters. The molecule has 6 heteroatoms. The highest BCUT2D eigenvalue weighted by Crippen LogP contribution is 2.25. The number of rotatable bonds is 9. The number of hydrogen-bond donors (Lipinski definition) is 3. The molecule has 0 spiro atoms. The molecule has 6 nitrogen and oxygen atoms in total. The van der Waals surface area contributed by atoms with Crippen LogP contribution in [0.2, 0.25) is 0 Å². The van der Waals surface area contributed by atoms with Crippen LogP contribution in [-0.4, -0.2) is 35.5 Å². The van der Waals surface area contributed by atoms with E-state index in [0.29, 0.717) is 18.4 Å². The first-order chi connectivity index (χ1) is 12.2. The quantitative estimate of drug-likeness (QED) is 0.629. The van der Waals surface area contributed by atoms with Crippen molar-refractivity contribution in [3.8, 4) is 0 Å². The summed E-state index contributed by atoms with van der Waals surface area (Å²) < 4.78 is 0. The fourth-order valence-electron chi connectivity index (χ4n) is 2.71. The number of carboxylic acids is 1. The zero-order valence-electron chi connectivity index (χ0n) is 16.3. The molecule has 0 saturated heterocycles. The van der Waals surface area contributed by atoms with E-state index in [2.05, 4.69) is 10.6 Å². The lowest BCUT2D eigenvalue weighted by Crippen LogP contribution is -2.52. The molecular formula is C20H30N2O4. The van der Waals surface area contributed by atoms with Crippen molar-refractivity contribution in [2.45, 2.75) is 53.5 Å². The second kappa shape index (κ2) is 9.36. The van der Waals surface area contributed by atoms with Gasteiger partial charge in [0.2, 0.25) is 5.91 Å². The summed E-state index contributed by atoms with van der Waals surface area (Å²) in [6.45, 7) is 9.24. The Morgan fingerprint density at radius 1 is 1.08 bits per heavy atom. The predicted octanol–water partition coefficient (Wildman–Crippen LogP) is 2.76. The summed E-state index contributed by atoms with van der Waals surface area (Å²) in [6, 6.07) is 6.36. The molecule has 0 aliphatic rings. The zero-order valence-corrected chi connectivity index (χ0v) is 16.3. The maximum atomic E-state index is 12.6. The highest BCUT2D eigenvalue weighted by atomic mass is 16.4. The average molecular weight is 362 g/mol. The summed E-state index contributed by atoms with van der Waals surface area (Å²) in [5.74, 6) is -1.75. The highest BCUT2D eigenvalue weighted by molar-refractivity contribution is 5.97. The summed E-state index contributed by atoms with van der Waals surface area (Å²) in [5.41, 5.74) is 0.540. The predicted molar refractivity (Wildman–Crippen MR) is 101 cm³/mol. The van der Waals surface area contributed by atoms with Crippen LogP contribution in [-0.2, 0) is 9.59 Å². The molecular weight excluding hydrogens is 332 g/mol. The van der Waals surface area contributed by atoms with Gasteiger partial charge in [-0.3, -0.25) is 14.4 Å². The van der Waals surface area contributed by atoms with E-state index in [9.17, 15) is 19.5 Å². The summed E-state index contributed by atoms with van der Waals surface area (Å²) in [4.78, 5) is 36.6. The Labute approximate surface area is 155 Å². The third-order valence-electron chi connectivity index (χ3n) is 4.96.